The number of carbonyl (C=O) groups excluding carboxylic acids is 2. The van der Waals surface area contributed by atoms with Crippen molar-refractivity contribution in [1.82, 2.24) is 5.43 Å². The topological polar surface area (TPSA) is 83.7 Å². The molecule has 4 rings (SSSR count). The van der Waals surface area contributed by atoms with Gasteiger partial charge in [-0.2, -0.15) is 5.10 Å². The molecule has 1 heterocycles. The summed E-state index contributed by atoms with van der Waals surface area (Å²) in [6.07, 6.45) is 2.26. The highest BCUT2D eigenvalue weighted by Gasteiger charge is 2.28. The Morgan fingerprint density at radius 2 is 1.81 bits per heavy atom. The third kappa shape index (κ3) is 4.39. The molecule has 2 amide bonds. The number of furan rings is 1. The lowest BCUT2D eigenvalue weighted by molar-refractivity contribution is 0.0953. The van der Waals surface area contributed by atoms with Crippen LogP contribution in [0, 0.1) is 20.8 Å². The van der Waals surface area contributed by atoms with Gasteiger partial charge in [-0.15, -0.1) is 0 Å². The van der Waals surface area contributed by atoms with Gasteiger partial charge in [-0.05, 0) is 78.9 Å². The molecule has 0 unspecified atom stereocenters. The van der Waals surface area contributed by atoms with Gasteiger partial charge < -0.3 is 9.73 Å². The SMILES string of the molecule is Cc1ccc(NC(=O)c2oc3c(c2C)/C(=N/NC(=O)c2ccccc2C)CCC3)c(Br)c1. The van der Waals surface area contributed by atoms with Crippen molar-refractivity contribution in [2.24, 2.45) is 5.10 Å². The summed E-state index contributed by atoms with van der Waals surface area (Å²) in [5.74, 6) is 0.420. The second-order valence-electron chi connectivity index (χ2n) is 7.96. The molecule has 0 radical (unpaired) electrons. The molecule has 6 nitrogen and oxygen atoms in total. The Bertz CT molecular complexity index is 1240. The molecule has 2 N–H and O–H groups in total. The maximum Gasteiger partial charge on any atom is 0.291 e. The molecule has 164 valence electrons. The van der Waals surface area contributed by atoms with E-state index in [1.165, 1.54) is 0 Å². The van der Waals surface area contributed by atoms with Gasteiger partial charge in [-0.3, -0.25) is 9.59 Å². The van der Waals surface area contributed by atoms with Gasteiger partial charge in [0, 0.05) is 27.6 Å². The third-order valence-electron chi connectivity index (χ3n) is 5.59. The molecule has 1 aromatic heterocycles. The first-order chi connectivity index (χ1) is 15.3. The first-order valence-electron chi connectivity index (χ1n) is 10.5. The van der Waals surface area contributed by atoms with Crippen LogP contribution in [0.3, 0.4) is 0 Å². The van der Waals surface area contributed by atoms with E-state index in [2.05, 4.69) is 31.8 Å². The molecular weight excluding hydrogens is 470 g/mol. The minimum Gasteiger partial charge on any atom is -0.455 e. The van der Waals surface area contributed by atoms with Crippen LogP contribution in [0.2, 0.25) is 0 Å². The fraction of sp³-hybridized carbons (Fsp3) is 0.240. The Hall–Kier alpha value is -3.19. The number of nitrogens with zero attached hydrogens (tertiary/aromatic N) is 1. The largest absolute Gasteiger partial charge is 0.455 e. The molecule has 0 saturated heterocycles. The minimum absolute atomic E-state index is 0.258. The molecule has 7 heteroatoms. The number of anilines is 1. The van der Waals surface area contributed by atoms with Crippen molar-refractivity contribution < 1.29 is 14.0 Å². The first-order valence-corrected chi connectivity index (χ1v) is 11.3. The van der Waals surface area contributed by atoms with Crippen LogP contribution in [0.5, 0.6) is 0 Å². The maximum absolute atomic E-state index is 12.9. The highest BCUT2D eigenvalue weighted by Crippen LogP contribution is 2.31. The van der Waals surface area contributed by atoms with Gasteiger partial charge in [0.05, 0.1) is 11.4 Å². The van der Waals surface area contributed by atoms with Gasteiger partial charge in [0.25, 0.3) is 11.8 Å². The molecule has 2 aromatic carbocycles. The normalized spacial score (nSPS) is 14.2. The number of hydrazone groups is 1. The van der Waals surface area contributed by atoms with E-state index >= 15 is 0 Å². The number of hydrogen-bond donors (Lipinski definition) is 2. The zero-order chi connectivity index (χ0) is 22.8. The lowest BCUT2D eigenvalue weighted by Crippen LogP contribution is -2.22. The van der Waals surface area contributed by atoms with Crippen LogP contribution in [0.1, 0.15) is 61.8 Å². The number of amides is 2. The van der Waals surface area contributed by atoms with Crippen LogP contribution in [0.15, 0.2) is 56.5 Å². The number of carbonyl (C=O) groups is 2. The summed E-state index contributed by atoms with van der Waals surface area (Å²) in [6, 6.07) is 13.1. The van der Waals surface area contributed by atoms with Crippen LogP contribution >= 0.6 is 15.9 Å². The van der Waals surface area contributed by atoms with Gasteiger partial charge in [-0.25, -0.2) is 5.43 Å². The number of benzene rings is 2. The van der Waals surface area contributed by atoms with Gasteiger partial charge in [0.1, 0.15) is 5.76 Å². The highest BCUT2D eigenvalue weighted by atomic mass is 79.9. The predicted octanol–water partition coefficient (Wildman–Crippen LogP) is 5.69. The second-order valence-corrected chi connectivity index (χ2v) is 8.81. The summed E-state index contributed by atoms with van der Waals surface area (Å²) in [5.41, 5.74) is 8.17. The molecule has 32 heavy (non-hydrogen) atoms. The van der Waals surface area contributed by atoms with Crippen LogP contribution < -0.4 is 10.7 Å². The lowest BCUT2D eigenvalue weighted by atomic mass is 9.93. The fourth-order valence-corrected chi connectivity index (χ4v) is 4.50. The summed E-state index contributed by atoms with van der Waals surface area (Å²) >= 11 is 3.49. The minimum atomic E-state index is -0.315. The molecule has 0 spiro atoms. The van der Waals surface area contributed by atoms with E-state index in [4.69, 9.17) is 4.42 Å². The number of rotatable bonds is 4. The van der Waals surface area contributed by atoms with Crippen LogP contribution in [-0.4, -0.2) is 17.5 Å². The average molecular weight is 494 g/mol. The molecule has 0 saturated carbocycles. The van der Waals surface area contributed by atoms with Gasteiger partial charge in [0.15, 0.2) is 5.76 Å². The Morgan fingerprint density at radius 1 is 1.03 bits per heavy atom. The van der Waals surface area contributed by atoms with Crippen molar-refractivity contribution in [2.75, 3.05) is 5.32 Å². The van der Waals surface area contributed by atoms with Gasteiger partial charge in [0.2, 0.25) is 0 Å². The van der Waals surface area contributed by atoms with E-state index in [-0.39, 0.29) is 17.6 Å². The Morgan fingerprint density at radius 3 is 2.56 bits per heavy atom. The van der Waals surface area contributed by atoms with Crippen molar-refractivity contribution in [3.8, 4) is 0 Å². The maximum atomic E-state index is 12.9. The quantitative estimate of drug-likeness (QED) is 0.457. The van der Waals surface area contributed by atoms with Gasteiger partial charge in [-0.1, -0.05) is 24.3 Å². The molecule has 1 aliphatic rings. The fourth-order valence-electron chi connectivity index (χ4n) is 3.90. The lowest BCUT2D eigenvalue weighted by Gasteiger charge is -2.13. The second kappa shape index (κ2) is 9.12. The van der Waals surface area contributed by atoms with E-state index < -0.39 is 0 Å². The van der Waals surface area contributed by atoms with Crippen LogP contribution in [0.25, 0.3) is 0 Å². The van der Waals surface area contributed by atoms with Crippen molar-refractivity contribution in [3.05, 3.63) is 86.3 Å². The van der Waals surface area contributed by atoms with E-state index in [0.717, 1.165) is 51.0 Å². The predicted molar refractivity (Wildman–Crippen MR) is 128 cm³/mol. The Kier molecular flexibility index (Phi) is 6.28. The standard InChI is InChI=1S/C25H24BrN3O3/c1-14-11-12-19(18(26)13-14)27-25(31)23-16(3)22-20(9-6-10-21(22)32-23)28-29-24(30)17-8-5-4-7-15(17)2/h4-5,7-8,11-13H,6,9-10H2,1-3H3,(H,27,31)(H,29,30)/b28-20+. The van der Waals surface area contributed by atoms with Gasteiger partial charge >= 0.3 is 0 Å². The molecule has 0 atom stereocenters. The number of hydrogen-bond acceptors (Lipinski definition) is 4. The smallest absolute Gasteiger partial charge is 0.291 e. The monoisotopic (exact) mass is 493 g/mol. The summed E-state index contributed by atoms with van der Waals surface area (Å²) in [5, 5.41) is 7.31. The molecular formula is C25H24BrN3O3. The van der Waals surface area contributed by atoms with E-state index in [1.54, 1.807) is 6.07 Å². The third-order valence-corrected chi connectivity index (χ3v) is 6.24. The summed E-state index contributed by atoms with van der Waals surface area (Å²) in [6.45, 7) is 5.73. The molecule has 0 fully saturated rings. The Balaban J connectivity index is 1.58. The number of fused-ring (bicyclic) bond motifs is 1. The zero-order valence-corrected chi connectivity index (χ0v) is 19.8. The average Bonchev–Trinajstić information content (AvgIpc) is 3.11. The first kappa shape index (κ1) is 22.0. The van der Waals surface area contributed by atoms with Crippen molar-refractivity contribution in [1.29, 1.82) is 0 Å². The number of aryl methyl sites for hydroxylation is 3. The number of nitrogens with one attached hydrogen (secondary N) is 2. The summed E-state index contributed by atoms with van der Waals surface area (Å²) in [7, 11) is 0. The zero-order valence-electron chi connectivity index (χ0n) is 18.2. The van der Waals surface area contributed by atoms with Crippen molar-refractivity contribution >= 4 is 39.1 Å². The van der Waals surface area contributed by atoms with E-state index in [9.17, 15) is 9.59 Å². The molecule has 0 aliphatic heterocycles. The molecule has 0 bridgehead atoms. The van der Waals surface area contributed by atoms with E-state index in [0.29, 0.717) is 17.7 Å². The summed E-state index contributed by atoms with van der Waals surface area (Å²) < 4.78 is 6.76. The molecule has 3 aromatic rings. The summed E-state index contributed by atoms with van der Waals surface area (Å²) in [4.78, 5) is 25.5. The highest BCUT2D eigenvalue weighted by molar-refractivity contribution is 9.10. The Labute approximate surface area is 195 Å². The van der Waals surface area contributed by atoms with Crippen LogP contribution in [-0.2, 0) is 6.42 Å². The van der Waals surface area contributed by atoms with Crippen molar-refractivity contribution in [2.45, 2.75) is 40.0 Å². The van der Waals surface area contributed by atoms with Crippen molar-refractivity contribution in [3.63, 3.8) is 0 Å². The van der Waals surface area contributed by atoms with Crippen LogP contribution in [0.4, 0.5) is 5.69 Å². The number of halogens is 1. The van der Waals surface area contributed by atoms with E-state index in [1.807, 2.05) is 57.2 Å². The molecule has 1 aliphatic carbocycles.